The zero-order valence-corrected chi connectivity index (χ0v) is 15.7. The summed E-state index contributed by atoms with van der Waals surface area (Å²) < 4.78 is 13.0. The van der Waals surface area contributed by atoms with Crippen LogP contribution in [0, 0.1) is 17.2 Å². The summed E-state index contributed by atoms with van der Waals surface area (Å²) in [5.41, 5.74) is -0.459. The van der Waals surface area contributed by atoms with E-state index in [4.69, 9.17) is 0 Å². The molecule has 0 unspecified atom stereocenters. The quantitative estimate of drug-likeness (QED) is 0.811. The Hall–Kier alpha value is -2.24. The highest BCUT2D eigenvalue weighted by Gasteiger charge is 2.42. The van der Waals surface area contributed by atoms with Crippen molar-refractivity contribution in [1.82, 2.24) is 10.2 Å². The average Bonchev–Trinajstić information content (AvgIpc) is 2.66. The van der Waals surface area contributed by atoms with Crippen molar-refractivity contribution in [3.8, 4) is 0 Å². The highest BCUT2D eigenvalue weighted by molar-refractivity contribution is 6.05. The zero-order chi connectivity index (χ0) is 19.3. The number of hydrogen-bond acceptors (Lipinski definition) is 3. The second-order valence-electron chi connectivity index (χ2n) is 7.43. The van der Waals surface area contributed by atoms with Crippen LogP contribution in [-0.2, 0) is 4.79 Å². The highest BCUT2D eigenvalue weighted by atomic mass is 19.1. The predicted molar refractivity (Wildman–Crippen MR) is 97.3 cm³/mol. The predicted octanol–water partition coefficient (Wildman–Crippen LogP) is 3.78. The van der Waals surface area contributed by atoms with Crippen molar-refractivity contribution in [2.45, 2.75) is 46.0 Å². The topological polar surface area (TPSA) is 66.5 Å². The van der Waals surface area contributed by atoms with Crippen molar-refractivity contribution >= 4 is 17.7 Å². The van der Waals surface area contributed by atoms with Crippen molar-refractivity contribution in [2.75, 3.05) is 13.6 Å². The van der Waals surface area contributed by atoms with Crippen molar-refractivity contribution in [1.29, 1.82) is 0 Å². The lowest BCUT2D eigenvalue weighted by atomic mass is 9.70. The number of Topliss-reactive ketones (excluding diaryl/α,β-unsaturated/α-hetero) is 1. The molecule has 1 saturated carbocycles. The van der Waals surface area contributed by atoms with Crippen LogP contribution < -0.4 is 5.32 Å². The maximum atomic E-state index is 13.1. The van der Waals surface area contributed by atoms with Gasteiger partial charge in [-0.25, -0.2) is 9.18 Å². The molecule has 5 nitrogen and oxygen atoms in total. The number of amides is 3. The van der Waals surface area contributed by atoms with Crippen LogP contribution in [-0.4, -0.2) is 36.2 Å². The van der Waals surface area contributed by atoms with E-state index in [1.165, 1.54) is 37.7 Å². The molecular weight excluding hydrogens is 335 g/mol. The van der Waals surface area contributed by atoms with Crippen molar-refractivity contribution in [2.24, 2.45) is 11.3 Å². The molecule has 26 heavy (non-hydrogen) atoms. The van der Waals surface area contributed by atoms with Crippen molar-refractivity contribution in [3.05, 3.63) is 35.6 Å². The molecular formula is C20H27FN2O3. The minimum atomic E-state index is -0.726. The van der Waals surface area contributed by atoms with Crippen LogP contribution in [0.15, 0.2) is 24.3 Å². The third-order valence-corrected chi connectivity index (χ3v) is 5.35. The number of nitrogens with zero attached hydrogens (tertiary/aromatic N) is 1. The third kappa shape index (κ3) is 4.48. The van der Waals surface area contributed by atoms with Gasteiger partial charge >= 0.3 is 6.03 Å². The SMILES string of the molecule is CNC(=O)N(CC(=O)c1ccc(F)cc1)C(=O)C(C)(C)C1CCCCC1. The second kappa shape index (κ2) is 8.43. The largest absolute Gasteiger partial charge is 0.341 e. The van der Waals surface area contributed by atoms with E-state index >= 15 is 0 Å². The average molecular weight is 362 g/mol. The summed E-state index contributed by atoms with van der Waals surface area (Å²) in [4.78, 5) is 38.9. The lowest BCUT2D eigenvalue weighted by Gasteiger charge is -2.38. The van der Waals surface area contributed by atoms with Gasteiger partial charge in [-0.05, 0) is 43.0 Å². The van der Waals surface area contributed by atoms with Crippen LogP contribution in [0.3, 0.4) is 0 Å². The van der Waals surface area contributed by atoms with E-state index in [-0.39, 0.29) is 23.9 Å². The van der Waals surface area contributed by atoms with Crippen LogP contribution >= 0.6 is 0 Å². The first-order valence-corrected chi connectivity index (χ1v) is 9.09. The molecule has 0 radical (unpaired) electrons. The zero-order valence-electron chi connectivity index (χ0n) is 15.7. The molecule has 142 valence electrons. The Morgan fingerprint density at radius 3 is 2.23 bits per heavy atom. The number of benzene rings is 1. The molecule has 0 bridgehead atoms. The van der Waals surface area contributed by atoms with Gasteiger partial charge in [0.15, 0.2) is 5.78 Å². The standard InChI is InChI=1S/C20H27FN2O3/c1-20(2,15-7-5-4-6-8-15)18(25)23(19(26)22-3)13-17(24)14-9-11-16(21)12-10-14/h9-12,15H,4-8,13H2,1-3H3,(H,22,26). The van der Waals surface area contributed by atoms with Gasteiger partial charge in [-0.1, -0.05) is 33.1 Å². The molecule has 6 heteroatoms. The second-order valence-corrected chi connectivity index (χ2v) is 7.43. The Balaban J connectivity index is 2.20. The number of rotatable bonds is 5. The van der Waals surface area contributed by atoms with Gasteiger partial charge in [0.1, 0.15) is 5.82 Å². The molecule has 0 saturated heterocycles. The number of urea groups is 1. The van der Waals surface area contributed by atoms with Gasteiger partial charge in [0, 0.05) is 18.0 Å². The summed E-state index contributed by atoms with van der Waals surface area (Å²) in [7, 11) is 1.43. The van der Waals surface area contributed by atoms with Gasteiger partial charge < -0.3 is 5.32 Å². The fourth-order valence-electron chi connectivity index (χ4n) is 3.59. The first-order valence-electron chi connectivity index (χ1n) is 9.09. The summed E-state index contributed by atoms with van der Waals surface area (Å²) in [6.07, 6.45) is 5.23. The number of carbonyl (C=O) groups excluding carboxylic acids is 3. The molecule has 0 aromatic heterocycles. The number of carbonyl (C=O) groups is 3. The number of nitrogens with one attached hydrogen (secondary N) is 1. The molecule has 1 aliphatic rings. The molecule has 0 spiro atoms. The van der Waals surface area contributed by atoms with E-state index in [2.05, 4.69) is 5.32 Å². The molecule has 1 aromatic carbocycles. The van der Waals surface area contributed by atoms with Gasteiger partial charge in [-0.3, -0.25) is 14.5 Å². The van der Waals surface area contributed by atoms with E-state index in [1.807, 2.05) is 13.8 Å². The Morgan fingerprint density at radius 2 is 1.69 bits per heavy atom. The first kappa shape index (κ1) is 20.1. The molecule has 0 heterocycles. The number of imide groups is 1. The number of halogens is 1. The summed E-state index contributed by atoms with van der Waals surface area (Å²) in [5.74, 6) is -1.00. The van der Waals surface area contributed by atoms with E-state index in [0.29, 0.717) is 0 Å². The Bertz CT molecular complexity index is 664. The van der Waals surface area contributed by atoms with Crippen LogP contribution in [0.25, 0.3) is 0 Å². The molecule has 1 aromatic rings. The Labute approximate surface area is 153 Å². The maximum absolute atomic E-state index is 13.1. The van der Waals surface area contributed by atoms with Crippen LogP contribution in [0.1, 0.15) is 56.3 Å². The molecule has 3 amide bonds. The summed E-state index contributed by atoms with van der Waals surface area (Å²) in [5, 5.41) is 2.44. The fourth-order valence-corrected chi connectivity index (χ4v) is 3.59. The minimum Gasteiger partial charge on any atom is -0.341 e. The number of hydrogen-bond donors (Lipinski definition) is 1. The molecule has 1 aliphatic carbocycles. The van der Waals surface area contributed by atoms with Crippen molar-refractivity contribution < 1.29 is 18.8 Å². The van der Waals surface area contributed by atoms with Gasteiger partial charge in [-0.2, -0.15) is 0 Å². The van der Waals surface area contributed by atoms with Crippen LogP contribution in [0.2, 0.25) is 0 Å². The Kier molecular flexibility index (Phi) is 6.51. The molecule has 2 rings (SSSR count). The van der Waals surface area contributed by atoms with Crippen molar-refractivity contribution in [3.63, 3.8) is 0 Å². The van der Waals surface area contributed by atoms with Gasteiger partial charge in [0.2, 0.25) is 5.91 Å². The first-order chi connectivity index (χ1) is 12.3. The lowest BCUT2D eigenvalue weighted by Crippen LogP contribution is -2.52. The monoisotopic (exact) mass is 362 g/mol. The molecule has 1 N–H and O–H groups in total. The maximum Gasteiger partial charge on any atom is 0.324 e. The van der Waals surface area contributed by atoms with E-state index in [1.54, 1.807) is 0 Å². The highest BCUT2D eigenvalue weighted by Crippen LogP contribution is 2.39. The Morgan fingerprint density at radius 1 is 1.12 bits per heavy atom. The normalized spacial score (nSPS) is 15.4. The number of ketones is 1. The molecule has 0 aliphatic heterocycles. The smallest absolute Gasteiger partial charge is 0.324 e. The van der Waals surface area contributed by atoms with Crippen LogP contribution in [0.4, 0.5) is 9.18 Å². The summed E-state index contributed by atoms with van der Waals surface area (Å²) >= 11 is 0. The summed E-state index contributed by atoms with van der Waals surface area (Å²) in [6.45, 7) is 3.34. The van der Waals surface area contributed by atoms with Gasteiger partial charge in [-0.15, -0.1) is 0 Å². The van der Waals surface area contributed by atoms with Crippen LogP contribution in [0.5, 0.6) is 0 Å². The lowest BCUT2D eigenvalue weighted by molar-refractivity contribution is -0.140. The van der Waals surface area contributed by atoms with E-state index < -0.39 is 23.0 Å². The minimum absolute atomic E-state index is 0.192. The fraction of sp³-hybridized carbons (Fsp3) is 0.550. The molecule has 0 atom stereocenters. The van der Waals surface area contributed by atoms with E-state index in [0.717, 1.165) is 30.6 Å². The van der Waals surface area contributed by atoms with E-state index in [9.17, 15) is 18.8 Å². The summed E-state index contributed by atoms with van der Waals surface area (Å²) in [6, 6.07) is 4.48. The van der Waals surface area contributed by atoms with Gasteiger partial charge in [0.05, 0.1) is 6.54 Å². The molecule has 1 fully saturated rings. The van der Waals surface area contributed by atoms with Gasteiger partial charge in [0.25, 0.3) is 0 Å². The third-order valence-electron chi connectivity index (χ3n) is 5.35.